The van der Waals surface area contributed by atoms with Crippen molar-refractivity contribution in [1.82, 2.24) is 4.57 Å². The fourth-order valence-electron chi connectivity index (χ4n) is 3.72. The molecule has 0 saturated carbocycles. The number of rotatable bonds is 5. The summed E-state index contributed by atoms with van der Waals surface area (Å²) < 4.78 is 12.3. The number of benzene rings is 2. The summed E-state index contributed by atoms with van der Waals surface area (Å²) in [6, 6.07) is 13.1. The molecule has 3 aromatic rings. The van der Waals surface area contributed by atoms with Crippen molar-refractivity contribution in [2.45, 2.75) is 26.8 Å². The minimum Gasteiger partial charge on any atom is -0.463 e. The molecule has 0 radical (unpaired) electrons. The summed E-state index contributed by atoms with van der Waals surface area (Å²) in [6.45, 7) is 4.94. The Hall–Kier alpha value is -3.49. The maximum absolute atomic E-state index is 13.6. The lowest BCUT2D eigenvalue weighted by Crippen LogP contribution is -2.39. The number of carbonyl (C=O) groups excluding carboxylic acids is 2. The molecule has 0 spiro atoms. The molecule has 0 bridgehead atoms. The Morgan fingerprint density at radius 1 is 1.18 bits per heavy atom. The van der Waals surface area contributed by atoms with Gasteiger partial charge in [0.25, 0.3) is 5.56 Å². The molecule has 2 heterocycles. The van der Waals surface area contributed by atoms with E-state index in [0.29, 0.717) is 36.9 Å². The van der Waals surface area contributed by atoms with E-state index in [1.165, 1.54) is 22.8 Å². The molecule has 0 aliphatic carbocycles. The molecule has 0 amide bonds. The van der Waals surface area contributed by atoms with E-state index in [-0.39, 0.29) is 17.7 Å². The Balaban J connectivity index is 1.92. The highest BCUT2D eigenvalue weighted by Gasteiger charge is 2.33. The van der Waals surface area contributed by atoms with Crippen LogP contribution in [0.1, 0.15) is 37.9 Å². The van der Waals surface area contributed by atoms with Crippen molar-refractivity contribution in [3.05, 3.63) is 95.6 Å². The maximum atomic E-state index is 13.6. The van der Waals surface area contributed by atoms with Crippen molar-refractivity contribution in [2.24, 2.45) is 4.99 Å². The Kier molecular flexibility index (Phi) is 6.81. The lowest BCUT2D eigenvalue weighted by atomic mass is 9.96. The number of halogens is 1. The van der Waals surface area contributed by atoms with Crippen molar-refractivity contribution in [1.29, 1.82) is 0 Å². The second-order valence-electron chi connectivity index (χ2n) is 7.49. The first kappa shape index (κ1) is 23.7. The predicted molar refractivity (Wildman–Crippen MR) is 130 cm³/mol. The number of allylic oxidation sites excluding steroid dienone is 1. The molecule has 0 N–H and O–H groups in total. The van der Waals surface area contributed by atoms with Crippen LogP contribution in [0.5, 0.6) is 5.75 Å². The molecule has 34 heavy (non-hydrogen) atoms. The molecule has 7 nitrogen and oxygen atoms in total. The molecule has 2 aromatic carbocycles. The highest BCUT2D eigenvalue weighted by Crippen LogP contribution is 2.31. The van der Waals surface area contributed by atoms with Crippen LogP contribution in [0.15, 0.2) is 69.6 Å². The molecule has 0 unspecified atom stereocenters. The van der Waals surface area contributed by atoms with Crippen molar-refractivity contribution in [2.75, 3.05) is 6.61 Å². The third kappa shape index (κ3) is 4.60. The Bertz CT molecular complexity index is 1480. The van der Waals surface area contributed by atoms with E-state index in [0.717, 1.165) is 0 Å². The minimum absolute atomic E-state index is 0.185. The van der Waals surface area contributed by atoms with Crippen LogP contribution in [-0.4, -0.2) is 23.1 Å². The van der Waals surface area contributed by atoms with Crippen molar-refractivity contribution < 1.29 is 19.1 Å². The van der Waals surface area contributed by atoms with Crippen LogP contribution in [-0.2, 0) is 14.3 Å². The fourth-order valence-corrected chi connectivity index (χ4v) is 4.95. The van der Waals surface area contributed by atoms with E-state index in [1.54, 1.807) is 50.3 Å². The van der Waals surface area contributed by atoms with Gasteiger partial charge >= 0.3 is 11.9 Å². The number of aromatic nitrogens is 1. The van der Waals surface area contributed by atoms with Gasteiger partial charge < -0.3 is 9.47 Å². The summed E-state index contributed by atoms with van der Waals surface area (Å²) >= 11 is 7.51. The first-order valence-electron chi connectivity index (χ1n) is 10.5. The predicted octanol–water partition coefficient (Wildman–Crippen LogP) is 3.38. The highest BCUT2D eigenvalue weighted by atomic mass is 35.5. The average Bonchev–Trinajstić information content (AvgIpc) is 3.09. The second kappa shape index (κ2) is 9.79. The first-order valence-corrected chi connectivity index (χ1v) is 11.7. The van der Waals surface area contributed by atoms with Gasteiger partial charge in [-0.3, -0.25) is 14.2 Å². The largest absolute Gasteiger partial charge is 0.463 e. The van der Waals surface area contributed by atoms with Gasteiger partial charge in [0, 0.05) is 11.9 Å². The van der Waals surface area contributed by atoms with Crippen LogP contribution in [0.3, 0.4) is 0 Å². The van der Waals surface area contributed by atoms with E-state index < -0.39 is 18.0 Å². The van der Waals surface area contributed by atoms with Gasteiger partial charge in [-0.25, -0.2) is 9.79 Å². The standard InChI is InChI=1S/C25H21ClN2O5S/c1-4-32-24(31)21-14(2)27-25-28(22(21)16-9-11-18(12-10-16)33-15(3)29)23(30)20(34-25)13-17-7-5-6-8-19(17)26/h5-13,22H,4H2,1-3H3/b20-13-/t22-/m1/s1. The molecule has 9 heteroatoms. The van der Waals surface area contributed by atoms with Crippen LogP contribution >= 0.6 is 22.9 Å². The summed E-state index contributed by atoms with van der Waals surface area (Å²) in [5, 5.41) is 0.523. The summed E-state index contributed by atoms with van der Waals surface area (Å²) in [4.78, 5) is 42.8. The van der Waals surface area contributed by atoms with Gasteiger partial charge in [0.15, 0.2) is 4.80 Å². The third-order valence-corrected chi connectivity index (χ3v) is 6.49. The average molecular weight is 497 g/mol. The molecule has 0 fully saturated rings. The van der Waals surface area contributed by atoms with E-state index in [1.807, 2.05) is 18.2 Å². The minimum atomic E-state index is -0.755. The first-order chi connectivity index (χ1) is 16.3. The molecule has 1 aromatic heterocycles. The van der Waals surface area contributed by atoms with Crippen molar-refractivity contribution >= 4 is 41.0 Å². The summed E-state index contributed by atoms with van der Waals surface area (Å²) in [5.74, 6) is -0.623. The molecular weight excluding hydrogens is 476 g/mol. The quantitative estimate of drug-likeness (QED) is 0.399. The van der Waals surface area contributed by atoms with E-state index >= 15 is 0 Å². The van der Waals surface area contributed by atoms with Crippen LogP contribution in [0.2, 0.25) is 5.02 Å². The number of hydrogen-bond acceptors (Lipinski definition) is 7. The van der Waals surface area contributed by atoms with Gasteiger partial charge in [-0.1, -0.05) is 53.3 Å². The van der Waals surface area contributed by atoms with Gasteiger partial charge in [0.2, 0.25) is 0 Å². The monoisotopic (exact) mass is 496 g/mol. The van der Waals surface area contributed by atoms with Gasteiger partial charge in [-0.2, -0.15) is 0 Å². The summed E-state index contributed by atoms with van der Waals surface area (Å²) in [6.07, 6.45) is 1.72. The van der Waals surface area contributed by atoms with Crippen LogP contribution < -0.4 is 19.6 Å². The number of fused-ring (bicyclic) bond motifs is 1. The second-order valence-corrected chi connectivity index (χ2v) is 8.90. The number of ether oxygens (including phenoxy) is 2. The number of esters is 2. The molecular formula is C25H21ClN2O5S. The van der Waals surface area contributed by atoms with Crippen LogP contribution in [0.4, 0.5) is 0 Å². The van der Waals surface area contributed by atoms with E-state index in [4.69, 9.17) is 21.1 Å². The highest BCUT2D eigenvalue weighted by molar-refractivity contribution is 7.07. The molecule has 4 rings (SSSR count). The zero-order chi connectivity index (χ0) is 24.4. The molecule has 1 aliphatic rings. The topological polar surface area (TPSA) is 87.0 Å². The summed E-state index contributed by atoms with van der Waals surface area (Å²) in [7, 11) is 0. The zero-order valence-electron chi connectivity index (χ0n) is 18.7. The number of hydrogen-bond donors (Lipinski definition) is 0. The zero-order valence-corrected chi connectivity index (χ0v) is 20.3. The normalized spacial score (nSPS) is 15.5. The molecule has 174 valence electrons. The van der Waals surface area contributed by atoms with Gasteiger partial charge in [-0.15, -0.1) is 0 Å². The van der Waals surface area contributed by atoms with Crippen LogP contribution in [0, 0.1) is 0 Å². The SMILES string of the molecule is CCOC(=O)C1=C(C)N=c2s/c(=C\c3ccccc3Cl)c(=O)n2[C@@H]1c1ccc(OC(C)=O)cc1. The Morgan fingerprint density at radius 3 is 2.53 bits per heavy atom. The van der Waals surface area contributed by atoms with E-state index in [9.17, 15) is 14.4 Å². The number of carbonyl (C=O) groups is 2. The summed E-state index contributed by atoms with van der Waals surface area (Å²) in [5.41, 5.74) is 1.81. The van der Waals surface area contributed by atoms with E-state index in [2.05, 4.69) is 4.99 Å². The number of nitrogens with zero attached hydrogens (tertiary/aromatic N) is 2. The van der Waals surface area contributed by atoms with Gasteiger partial charge in [-0.05, 0) is 49.2 Å². The Labute approximate surface area is 204 Å². The van der Waals surface area contributed by atoms with Crippen molar-refractivity contribution in [3.63, 3.8) is 0 Å². The third-order valence-electron chi connectivity index (χ3n) is 5.17. The van der Waals surface area contributed by atoms with Crippen molar-refractivity contribution in [3.8, 4) is 5.75 Å². The molecule has 1 atom stereocenters. The van der Waals surface area contributed by atoms with Crippen LogP contribution in [0.25, 0.3) is 6.08 Å². The lowest BCUT2D eigenvalue weighted by Gasteiger charge is -2.24. The van der Waals surface area contributed by atoms with Gasteiger partial charge in [0.1, 0.15) is 5.75 Å². The smallest absolute Gasteiger partial charge is 0.338 e. The molecule has 1 aliphatic heterocycles. The molecule has 0 saturated heterocycles. The lowest BCUT2D eigenvalue weighted by molar-refractivity contribution is -0.139. The fraction of sp³-hybridized carbons (Fsp3) is 0.200. The van der Waals surface area contributed by atoms with Gasteiger partial charge in [0.05, 0.1) is 28.5 Å². The maximum Gasteiger partial charge on any atom is 0.338 e. The Morgan fingerprint density at radius 2 is 1.88 bits per heavy atom. The number of thiazole rings is 1.